The van der Waals surface area contributed by atoms with Crippen LogP contribution in [0.25, 0.3) is 54.7 Å². The zero-order valence-electron chi connectivity index (χ0n) is 22.3. The summed E-state index contributed by atoms with van der Waals surface area (Å²) in [6.07, 6.45) is 0. The van der Waals surface area contributed by atoms with Crippen LogP contribution in [0, 0.1) is 0 Å². The summed E-state index contributed by atoms with van der Waals surface area (Å²) in [5.41, 5.74) is 12.6. The molecule has 8 aromatic rings. The van der Waals surface area contributed by atoms with Crippen LogP contribution in [-0.2, 0) is 0 Å². The molecular weight excluding hydrogens is 514 g/mol. The van der Waals surface area contributed by atoms with E-state index in [-0.39, 0.29) is 13.7 Å². The van der Waals surface area contributed by atoms with E-state index >= 15 is 0 Å². The van der Waals surface area contributed by atoms with Gasteiger partial charge >= 0.3 is 13.7 Å². The molecule has 0 atom stereocenters. The highest BCUT2D eigenvalue weighted by atomic mass is 16.5. The molecule has 0 radical (unpaired) electrons. The van der Waals surface area contributed by atoms with Crippen molar-refractivity contribution in [3.63, 3.8) is 0 Å². The molecule has 0 aliphatic carbocycles. The number of ether oxygens (including phenoxy) is 2. The van der Waals surface area contributed by atoms with E-state index in [4.69, 9.17) is 9.47 Å². The predicted molar refractivity (Wildman–Crippen MR) is 172 cm³/mol. The third-order valence-corrected chi connectivity index (χ3v) is 10.2. The van der Waals surface area contributed by atoms with Gasteiger partial charge < -0.3 is 18.4 Å². The van der Waals surface area contributed by atoms with Crippen LogP contribution >= 0.6 is 0 Å². The predicted octanol–water partition coefficient (Wildman–Crippen LogP) is 5.72. The van der Waals surface area contributed by atoms with E-state index in [1.807, 2.05) is 0 Å². The fourth-order valence-corrected chi connectivity index (χ4v) is 8.74. The van der Waals surface area contributed by atoms with Crippen LogP contribution in [0.3, 0.4) is 0 Å². The van der Waals surface area contributed by atoms with E-state index in [9.17, 15) is 0 Å². The maximum Gasteiger partial charge on any atom is 0.336 e. The number of fused-ring (bicyclic) bond motifs is 12. The third kappa shape index (κ3) is 2.04. The average molecular weight is 532 g/mol. The number of hydrogen-bond donors (Lipinski definition) is 0. The Labute approximate surface area is 240 Å². The van der Waals surface area contributed by atoms with Gasteiger partial charge in [-0.15, -0.1) is 0 Å². The Morgan fingerprint density at radius 3 is 1.45 bits per heavy atom. The molecule has 0 saturated carbocycles. The summed E-state index contributed by atoms with van der Waals surface area (Å²) in [7, 11) is 0. The van der Waals surface area contributed by atoms with Gasteiger partial charge in [-0.2, -0.15) is 0 Å². The Morgan fingerprint density at radius 1 is 0.429 bits per heavy atom. The van der Waals surface area contributed by atoms with Crippen LogP contribution in [0.4, 0.5) is 0 Å². The molecule has 0 unspecified atom stereocenters. The minimum absolute atomic E-state index is 0.00588. The van der Waals surface area contributed by atoms with Crippen molar-refractivity contribution in [2.45, 2.75) is 0 Å². The highest BCUT2D eigenvalue weighted by molar-refractivity contribution is 6.93. The van der Waals surface area contributed by atoms with E-state index < -0.39 is 0 Å². The van der Waals surface area contributed by atoms with Crippen molar-refractivity contribution in [3.05, 3.63) is 109 Å². The van der Waals surface area contributed by atoms with Crippen LogP contribution in [0.1, 0.15) is 0 Å². The first-order valence-corrected chi connectivity index (χ1v) is 14.6. The number of aromatic nitrogens is 2. The van der Waals surface area contributed by atoms with Crippen molar-refractivity contribution in [1.29, 1.82) is 0 Å². The molecule has 0 amide bonds. The van der Waals surface area contributed by atoms with Crippen LogP contribution in [0.5, 0.6) is 23.0 Å². The van der Waals surface area contributed by atoms with Crippen molar-refractivity contribution in [3.8, 4) is 34.1 Å². The molecule has 4 aliphatic heterocycles. The SMILES string of the molecule is c1ccc2c(c1)Oc1cc3c4c5c1B2n1c2ccccc2c2cc6c7ccccc7n(c6c-5c21)B4c1ccccc1O3. The number of nitrogens with zero attached hydrogens (tertiary/aromatic N) is 2. The normalized spacial score (nSPS) is 14.5. The van der Waals surface area contributed by atoms with Crippen molar-refractivity contribution >= 4 is 79.2 Å². The summed E-state index contributed by atoms with van der Waals surface area (Å²) < 4.78 is 18.7. The minimum Gasteiger partial charge on any atom is -0.458 e. The van der Waals surface area contributed by atoms with E-state index in [0.29, 0.717) is 0 Å². The van der Waals surface area contributed by atoms with E-state index in [2.05, 4.69) is 118 Å². The number of hydrogen-bond acceptors (Lipinski definition) is 2. The van der Waals surface area contributed by atoms with E-state index in [0.717, 1.165) is 23.0 Å². The molecule has 2 aromatic heterocycles. The second-order valence-electron chi connectivity index (χ2n) is 12.0. The van der Waals surface area contributed by atoms with Gasteiger partial charge in [-0.05, 0) is 46.8 Å². The summed E-state index contributed by atoms with van der Waals surface area (Å²) >= 11 is 0. The highest BCUT2D eigenvalue weighted by Crippen LogP contribution is 2.51. The molecule has 190 valence electrons. The Morgan fingerprint density at radius 2 is 0.905 bits per heavy atom. The first kappa shape index (κ1) is 20.5. The zero-order valence-corrected chi connectivity index (χ0v) is 22.3. The second-order valence-corrected chi connectivity index (χ2v) is 12.0. The molecule has 0 bridgehead atoms. The lowest BCUT2D eigenvalue weighted by atomic mass is 9.40. The van der Waals surface area contributed by atoms with Gasteiger partial charge in [0.25, 0.3) is 0 Å². The van der Waals surface area contributed by atoms with Crippen molar-refractivity contribution in [1.82, 2.24) is 8.96 Å². The van der Waals surface area contributed by atoms with Crippen molar-refractivity contribution in [2.24, 2.45) is 0 Å². The van der Waals surface area contributed by atoms with Gasteiger partial charge in [0, 0.05) is 66.2 Å². The van der Waals surface area contributed by atoms with Gasteiger partial charge in [0.1, 0.15) is 23.0 Å². The fourth-order valence-electron chi connectivity index (χ4n) is 8.74. The molecule has 0 spiro atoms. The molecule has 6 heterocycles. The Balaban J connectivity index is 1.43. The lowest BCUT2D eigenvalue weighted by Gasteiger charge is -2.40. The van der Waals surface area contributed by atoms with Gasteiger partial charge in [0.05, 0.1) is 0 Å². The van der Waals surface area contributed by atoms with Crippen LogP contribution in [-0.4, -0.2) is 22.7 Å². The summed E-state index contributed by atoms with van der Waals surface area (Å²) in [5.74, 6) is 3.61. The van der Waals surface area contributed by atoms with Crippen molar-refractivity contribution in [2.75, 3.05) is 0 Å². The third-order valence-electron chi connectivity index (χ3n) is 10.2. The Kier molecular flexibility index (Phi) is 3.21. The van der Waals surface area contributed by atoms with Crippen LogP contribution in [0.2, 0.25) is 0 Å². The largest absolute Gasteiger partial charge is 0.458 e. The molecule has 6 heteroatoms. The van der Waals surface area contributed by atoms with Gasteiger partial charge in [-0.3, -0.25) is 0 Å². The smallest absolute Gasteiger partial charge is 0.336 e. The molecule has 4 aliphatic rings. The number of benzene rings is 6. The number of rotatable bonds is 0. The molecule has 0 N–H and O–H groups in total. The lowest BCUT2D eigenvalue weighted by molar-refractivity contribution is 0.465. The van der Waals surface area contributed by atoms with Crippen molar-refractivity contribution < 1.29 is 9.47 Å². The topological polar surface area (TPSA) is 28.3 Å². The van der Waals surface area contributed by atoms with E-state index in [1.54, 1.807) is 0 Å². The fraction of sp³-hybridized carbons (Fsp3) is 0. The highest BCUT2D eigenvalue weighted by Gasteiger charge is 2.50. The maximum absolute atomic E-state index is 6.76. The van der Waals surface area contributed by atoms with E-state index in [1.165, 1.54) is 76.6 Å². The molecular formula is C36H18B2N2O2. The first-order valence-electron chi connectivity index (χ1n) is 14.6. The van der Waals surface area contributed by atoms with Gasteiger partial charge in [-0.25, -0.2) is 0 Å². The summed E-state index contributed by atoms with van der Waals surface area (Å²) in [5, 5.41) is 5.19. The summed E-state index contributed by atoms with van der Waals surface area (Å²) in [6, 6.07) is 39.5. The Hall–Kier alpha value is -5.35. The zero-order chi connectivity index (χ0) is 26.8. The van der Waals surface area contributed by atoms with Crippen LogP contribution in [0.15, 0.2) is 109 Å². The molecule has 6 aromatic carbocycles. The molecule has 12 rings (SSSR count). The average Bonchev–Trinajstić information content (AvgIpc) is 3.55. The summed E-state index contributed by atoms with van der Waals surface area (Å²) in [4.78, 5) is 0. The standard InChI is InChI=1S/C36H18B2N2O2/c1-5-13-25-19(9-1)21-17-22-20-10-2-6-14-26(20)40-36(22)32-31-33-29(18-30-34(31)38(40)24-12-4-8-16-28(24)42-30)41-27-15-7-3-11-23(27)37(33)39(25)35(21)32/h1-18H. The van der Waals surface area contributed by atoms with Gasteiger partial charge in [0.15, 0.2) is 0 Å². The van der Waals surface area contributed by atoms with Crippen LogP contribution < -0.4 is 31.3 Å². The molecule has 0 saturated heterocycles. The summed E-state index contributed by atoms with van der Waals surface area (Å²) in [6.45, 7) is 0.0118. The number of para-hydroxylation sites is 4. The quantitative estimate of drug-likeness (QED) is 0.234. The molecule has 42 heavy (non-hydrogen) atoms. The van der Waals surface area contributed by atoms with Gasteiger partial charge in [0.2, 0.25) is 0 Å². The maximum atomic E-state index is 6.76. The molecule has 4 nitrogen and oxygen atoms in total. The Bertz CT molecular complexity index is 2440. The second kappa shape index (κ2) is 6.58. The minimum atomic E-state index is 0.00588. The lowest BCUT2D eigenvalue weighted by Crippen LogP contribution is -2.60. The molecule has 0 fully saturated rings. The monoisotopic (exact) mass is 532 g/mol. The van der Waals surface area contributed by atoms with Gasteiger partial charge in [-0.1, -0.05) is 72.8 Å². The first-order chi connectivity index (χ1) is 20.9.